The molecular weight excluding hydrogens is 616 g/mol. The highest BCUT2D eigenvalue weighted by Crippen LogP contribution is 2.42. The number of likely N-dealkylation sites (N-methyl/N-ethyl adjacent to an activating group) is 2. The summed E-state index contributed by atoms with van der Waals surface area (Å²) in [7, 11) is 4.45. The van der Waals surface area contributed by atoms with Gasteiger partial charge in [-0.15, -0.1) is 0 Å². The molecule has 1 heterocycles. The lowest BCUT2D eigenvalue weighted by Gasteiger charge is -2.36. The molecule has 3 amide bonds. The molecule has 0 aliphatic heterocycles. The van der Waals surface area contributed by atoms with E-state index in [1.807, 2.05) is 44.2 Å². The van der Waals surface area contributed by atoms with Crippen molar-refractivity contribution in [2.24, 2.45) is 5.92 Å². The molecule has 2 atom stereocenters. The molecule has 3 aromatic rings. The monoisotopic (exact) mass is 664 g/mol. The van der Waals surface area contributed by atoms with Gasteiger partial charge in [-0.25, -0.2) is 14.6 Å². The summed E-state index contributed by atoms with van der Waals surface area (Å²) in [5, 5.41) is 3.13. The minimum absolute atomic E-state index is 0.00829. The SMILES string of the molecule is COC(=O)c1c(OCC(Cc2ccccc2)NC(=O)C2(N(C)C(=O)C(CC(C)C)N(C)C(=O)OC(C)(C)C)CC2)ccc2nc(C)oc12. The fraction of sp³-hybridized carbons (Fsp3) is 0.528. The number of nitrogens with one attached hydrogen (secondary N) is 1. The zero-order chi connectivity index (χ0) is 35.4. The summed E-state index contributed by atoms with van der Waals surface area (Å²) in [6.07, 6.45) is 1.17. The number of hydrogen-bond acceptors (Lipinski definition) is 9. The van der Waals surface area contributed by atoms with Crippen molar-refractivity contribution in [1.29, 1.82) is 0 Å². The van der Waals surface area contributed by atoms with E-state index < -0.39 is 35.3 Å². The fourth-order valence-corrected chi connectivity index (χ4v) is 5.66. The number of nitrogens with zero attached hydrogens (tertiary/aromatic N) is 3. The normalized spacial score (nSPS) is 15.0. The van der Waals surface area contributed by atoms with E-state index in [1.54, 1.807) is 53.9 Å². The van der Waals surface area contributed by atoms with E-state index >= 15 is 0 Å². The molecule has 1 fully saturated rings. The molecule has 1 aromatic heterocycles. The van der Waals surface area contributed by atoms with E-state index in [0.29, 0.717) is 37.1 Å². The first-order valence-electron chi connectivity index (χ1n) is 16.3. The molecule has 4 rings (SSSR count). The lowest BCUT2D eigenvalue weighted by Crippen LogP contribution is -2.58. The Hall–Kier alpha value is -4.61. The van der Waals surface area contributed by atoms with Crippen LogP contribution in [0.25, 0.3) is 11.1 Å². The number of benzene rings is 2. The summed E-state index contributed by atoms with van der Waals surface area (Å²) in [5.41, 5.74) is 0.00748. The van der Waals surface area contributed by atoms with Gasteiger partial charge in [-0.1, -0.05) is 44.2 Å². The van der Waals surface area contributed by atoms with Crippen molar-refractivity contribution in [2.45, 2.75) is 90.4 Å². The number of ether oxygens (including phenoxy) is 3. The highest BCUT2D eigenvalue weighted by atomic mass is 16.6. The van der Waals surface area contributed by atoms with Crippen LogP contribution < -0.4 is 10.1 Å². The molecule has 2 unspecified atom stereocenters. The van der Waals surface area contributed by atoms with Crippen LogP contribution in [0.2, 0.25) is 0 Å². The van der Waals surface area contributed by atoms with E-state index in [4.69, 9.17) is 18.6 Å². The smallest absolute Gasteiger partial charge is 0.410 e. The van der Waals surface area contributed by atoms with Gasteiger partial charge in [0.1, 0.15) is 40.6 Å². The van der Waals surface area contributed by atoms with Gasteiger partial charge in [0, 0.05) is 21.0 Å². The van der Waals surface area contributed by atoms with Crippen molar-refractivity contribution in [3.05, 3.63) is 59.5 Å². The number of amides is 3. The van der Waals surface area contributed by atoms with Crippen molar-refractivity contribution in [1.82, 2.24) is 20.1 Å². The van der Waals surface area contributed by atoms with E-state index in [9.17, 15) is 19.2 Å². The number of methoxy groups -OCH3 is 1. The fourth-order valence-electron chi connectivity index (χ4n) is 5.66. The number of esters is 1. The third kappa shape index (κ3) is 8.45. The van der Waals surface area contributed by atoms with Crippen LogP contribution in [-0.4, -0.2) is 89.7 Å². The maximum atomic E-state index is 14.1. The zero-order valence-electron chi connectivity index (χ0n) is 29.4. The van der Waals surface area contributed by atoms with Crippen molar-refractivity contribution in [3.8, 4) is 5.75 Å². The van der Waals surface area contributed by atoms with Gasteiger partial charge in [-0.2, -0.15) is 0 Å². The van der Waals surface area contributed by atoms with Gasteiger partial charge >= 0.3 is 12.1 Å². The van der Waals surface area contributed by atoms with Crippen LogP contribution in [0.3, 0.4) is 0 Å². The van der Waals surface area contributed by atoms with Gasteiger partial charge in [-0.3, -0.25) is 14.5 Å². The number of hydrogen-bond donors (Lipinski definition) is 1. The lowest BCUT2D eigenvalue weighted by atomic mass is 10.0. The maximum Gasteiger partial charge on any atom is 0.410 e. The quantitative estimate of drug-likeness (QED) is 0.241. The predicted molar refractivity (Wildman–Crippen MR) is 180 cm³/mol. The van der Waals surface area contributed by atoms with Gasteiger partial charge < -0.3 is 28.8 Å². The van der Waals surface area contributed by atoms with E-state index in [-0.39, 0.29) is 41.2 Å². The summed E-state index contributed by atoms with van der Waals surface area (Å²) < 4.78 is 22.5. The largest absolute Gasteiger partial charge is 0.490 e. The topological polar surface area (TPSA) is 141 Å². The summed E-state index contributed by atoms with van der Waals surface area (Å²) >= 11 is 0. The molecule has 1 N–H and O–H groups in total. The summed E-state index contributed by atoms with van der Waals surface area (Å²) in [6, 6.07) is 11.6. The summed E-state index contributed by atoms with van der Waals surface area (Å²) in [5.74, 6) is -0.571. The Bertz CT molecular complexity index is 1620. The second-order valence-corrected chi connectivity index (χ2v) is 13.8. The van der Waals surface area contributed by atoms with Crippen LogP contribution >= 0.6 is 0 Å². The van der Waals surface area contributed by atoms with E-state index in [2.05, 4.69) is 10.3 Å². The van der Waals surface area contributed by atoms with Gasteiger partial charge in [0.05, 0.1) is 13.2 Å². The predicted octanol–water partition coefficient (Wildman–Crippen LogP) is 5.30. The highest BCUT2D eigenvalue weighted by Gasteiger charge is 2.56. The van der Waals surface area contributed by atoms with E-state index in [0.717, 1.165) is 5.56 Å². The first kappa shape index (κ1) is 36.2. The maximum absolute atomic E-state index is 14.1. The van der Waals surface area contributed by atoms with Crippen molar-refractivity contribution >= 4 is 35.0 Å². The minimum atomic E-state index is -1.08. The molecular formula is C36H48N4O8. The Morgan fingerprint density at radius 1 is 1.04 bits per heavy atom. The number of oxazole rings is 1. The zero-order valence-corrected chi connectivity index (χ0v) is 29.4. The first-order chi connectivity index (χ1) is 22.6. The average Bonchev–Trinajstić information content (AvgIpc) is 3.75. The molecule has 0 saturated heterocycles. The molecule has 0 bridgehead atoms. The second kappa shape index (κ2) is 14.7. The first-order valence-corrected chi connectivity index (χ1v) is 16.3. The number of fused-ring (bicyclic) bond motifs is 1. The Balaban J connectivity index is 1.56. The summed E-state index contributed by atoms with van der Waals surface area (Å²) in [4.78, 5) is 61.0. The Morgan fingerprint density at radius 2 is 1.71 bits per heavy atom. The number of aryl methyl sites for hydroxylation is 1. The number of aromatic nitrogens is 1. The van der Waals surface area contributed by atoms with Crippen LogP contribution in [0.1, 0.15) is 75.7 Å². The molecule has 12 nitrogen and oxygen atoms in total. The third-order valence-corrected chi connectivity index (χ3v) is 8.36. The number of carbonyl (C=O) groups is 4. The van der Waals surface area contributed by atoms with Crippen LogP contribution in [0, 0.1) is 12.8 Å². The van der Waals surface area contributed by atoms with Crippen molar-refractivity contribution in [3.63, 3.8) is 0 Å². The average molecular weight is 665 g/mol. The minimum Gasteiger partial charge on any atom is -0.490 e. The second-order valence-electron chi connectivity index (χ2n) is 13.8. The molecule has 12 heteroatoms. The standard InChI is InChI=1S/C36H48N4O8/c1-22(2)19-27(39(7)34(44)48-35(4,5)6)31(41)40(8)36(17-18-36)33(43)38-25(20-24-13-11-10-12-14-24)21-46-28-16-15-26-30(47-23(3)37-26)29(28)32(42)45-9/h10-16,22,25,27H,17-21H2,1-9H3,(H,38,43). The van der Waals surface area contributed by atoms with E-state index in [1.165, 1.54) is 16.9 Å². The van der Waals surface area contributed by atoms with Gasteiger partial charge in [0.25, 0.3) is 0 Å². The molecule has 260 valence electrons. The van der Waals surface area contributed by atoms with Gasteiger partial charge in [0.15, 0.2) is 11.5 Å². The molecule has 0 radical (unpaired) electrons. The van der Waals surface area contributed by atoms with Crippen LogP contribution in [0.5, 0.6) is 5.75 Å². The summed E-state index contributed by atoms with van der Waals surface area (Å²) in [6.45, 7) is 11.0. The third-order valence-electron chi connectivity index (χ3n) is 8.36. The van der Waals surface area contributed by atoms with Gasteiger partial charge in [0.2, 0.25) is 11.8 Å². The Labute approximate surface area is 282 Å². The molecule has 2 aromatic carbocycles. The van der Waals surface area contributed by atoms with Gasteiger partial charge in [-0.05, 0) is 70.1 Å². The molecule has 48 heavy (non-hydrogen) atoms. The van der Waals surface area contributed by atoms with Crippen LogP contribution in [0.4, 0.5) is 4.79 Å². The van der Waals surface area contributed by atoms with Crippen LogP contribution in [-0.2, 0) is 25.5 Å². The molecule has 1 saturated carbocycles. The molecule has 0 spiro atoms. The lowest BCUT2D eigenvalue weighted by molar-refractivity contribution is -0.144. The molecule has 1 aliphatic carbocycles. The number of carbonyl (C=O) groups excluding carboxylic acids is 4. The molecule has 1 aliphatic rings. The number of rotatable bonds is 13. The highest BCUT2D eigenvalue weighted by molar-refractivity contribution is 6.04. The van der Waals surface area contributed by atoms with Crippen molar-refractivity contribution in [2.75, 3.05) is 27.8 Å². The Kier molecular flexibility index (Phi) is 11.1. The van der Waals surface area contributed by atoms with Crippen molar-refractivity contribution < 1.29 is 37.8 Å². The Morgan fingerprint density at radius 3 is 2.29 bits per heavy atom. The van der Waals surface area contributed by atoms with Crippen LogP contribution in [0.15, 0.2) is 46.9 Å².